The van der Waals surface area contributed by atoms with Gasteiger partial charge in [-0.15, -0.1) is 22.8 Å². The van der Waals surface area contributed by atoms with Crippen LogP contribution in [0.4, 0.5) is 0 Å². The average Bonchev–Trinajstić information content (AvgIpc) is 2.14. The second-order valence-electron chi connectivity index (χ2n) is 1.14. The van der Waals surface area contributed by atoms with Crippen LogP contribution in [0.2, 0.25) is 0 Å². The molecule has 1 heterocycles. The number of rotatable bonds is 1. The van der Waals surface area contributed by atoms with Gasteiger partial charge >= 0.3 is 0 Å². The first kappa shape index (κ1) is 6.38. The van der Waals surface area contributed by atoms with E-state index in [1.807, 2.05) is 0 Å². The van der Waals surface area contributed by atoms with Gasteiger partial charge in [0.05, 0.1) is 0 Å². The van der Waals surface area contributed by atoms with Crippen molar-refractivity contribution in [1.82, 2.24) is 10.2 Å². The standard InChI is InChI=1S/C3H4N2S3/c6-1-2-4-5-3(7)8-2/h6H,1H2,(H,5,7). The maximum absolute atomic E-state index is 4.00. The highest BCUT2D eigenvalue weighted by molar-refractivity contribution is 7.82. The van der Waals surface area contributed by atoms with Crippen LogP contribution in [0.5, 0.6) is 0 Å². The first-order valence-electron chi connectivity index (χ1n) is 1.95. The van der Waals surface area contributed by atoms with Gasteiger partial charge in [0.25, 0.3) is 0 Å². The van der Waals surface area contributed by atoms with Crippen molar-refractivity contribution in [3.63, 3.8) is 0 Å². The largest absolute Gasteiger partial charge is 0.172 e. The van der Waals surface area contributed by atoms with E-state index in [-0.39, 0.29) is 0 Å². The molecular formula is C3H4N2S3. The summed E-state index contributed by atoms with van der Waals surface area (Å²) in [5.41, 5.74) is 0. The second-order valence-corrected chi connectivity index (χ2v) is 3.24. The van der Waals surface area contributed by atoms with Crippen molar-refractivity contribution in [1.29, 1.82) is 0 Å². The molecule has 1 aromatic rings. The predicted octanol–water partition coefficient (Wildman–Crippen LogP) is 1.26. The van der Waals surface area contributed by atoms with E-state index < -0.39 is 0 Å². The van der Waals surface area contributed by atoms with E-state index in [4.69, 9.17) is 0 Å². The molecule has 0 bridgehead atoms. The summed E-state index contributed by atoms with van der Waals surface area (Å²) < 4.78 is 0.703. The highest BCUT2D eigenvalue weighted by atomic mass is 32.2. The molecule has 8 heavy (non-hydrogen) atoms. The molecule has 0 aliphatic carbocycles. The zero-order valence-electron chi connectivity index (χ0n) is 3.90. The fourth-order valence-electron chi connectivity index (χ4n) is 0.309. The molecule has 0 spiro atoms. The van der Waals surface area contributed by atoms with Crippen molar-refractivity contribution in [2.75, 3.05) is 0 Å². The topological polar surface area (TPSA) is 25.8 Å². The van der Waals surface area contributed by atoms with Crippen LogP contribution >= 0.6 is 36.6 Å². The monoisotopic (exact) mass is 164 g/mol. The van der Waals surface area contributed by atoms with E-state index in [0.717, 1.165) is 5.01 Å². The number of aromatic nitrogens is 2. The van der Waals surface area contributed by atoms with E-state index in [1.165, 1.54) is 11.3 Å². The Morgan fingerprint density at radius 2 is 2.25 bits per heavy atom. The lowest BCUT2D eigenvalue weighted by molar-refractivity contribution is 0.982. The van der Waals surface area contributed by atoms with Gasteiger partial charge in [0.1, 0.15) is 5.01 Å². The lowest BCUT2D eigenvalue weighted by Crippen LogP contribution is -1.72. The summed E-state index contributed by atoms with van der Waals surface area (Å²) in [5, 5.41) is 8.34. The second kappa shape index (κ2) is 2.70. The van der Waals surface area contributed by atoms with Gasteiger partial charge in [0.15, 0.2) is 4.34 Å². The van der Waals surface area contributed by atoms with Crippen molar-refractivity contribution in [2.45, 2.75) is 10.1 Å². The molecule has 44 valence electrons. The Balaban J connectivity index is 2.84. The third-order valence-corrected chi connectivity index (χ3v) is 2.19. The highest BCUT2D eigenvalue weighted by Crippen LogP contribution is 2.13. The molecule has 0 fully saturated rings. The molecule has 0 aliphatic heterocycles. The number of thiol groups is 2. The summed E-state index contributed by atoms with van der Waals surface area (Å²) in [7, 11) is 0. The van der Waals surface area contributed by atoms with Crippen LogP contribution in [0.1, 0.15) is 5.01 Å². The van der Waals surface area contributed by atoms with Crippen LogP contribution in [-0.4, -0.2) is 10.2 Å². The zero-order valence-corrected chi connectivity index (χ0v) is 6.51. The fraction of sp³-hybridized carbons (Fsp3) is 0.333. The summed E-state index contributed by atoms with van der Waals surface area (Å²) in [6.07, 6.45) is 0. The SMILES string of the molecule is SCc1nnc(S)s1. The van der Waals surface area contributed by atoms with E-state index in [1.54, 1.807) is 0 Å². The molecule has 0 saturated carbocycles. The van der Waals surface area contributed by atoms with Gasteiger partial charge in [-0.3, -0.25) is 0 Å². The molecule has 0 atom stereocenters. The molecule has 0 aliphatic rings. The Labute approximate surface area is 62.2 Å². The van der Waals surface area contributed by atoms with Crippen LogP contribution in [0.3, 0.4) is 0 Å². The molecular weight excluding hydrogens is 160 g/mol. The van der Waals surface area contributed by atoms with Crippen LogP contribution in [-0.2, 0) is 5.75 Å². The number of hydrogen-bond donors (Lipinski definition) is 2. The number of nitrogens with zero attached hydrogens (tertiary/aromatic N) is 2. The molecule has 0 N–H and O–H groups in total. The lowest BCUT2D eigenvalue weighted by Gasteiger charge is -1.74. The van der Waals surface area contributed by atoms with Crippen LogP contribution in [0.25, 0.3) is 0 Å². The summed E-state index contributed by atoms with van der Waals surface area (Å²) in [4.78, 5) is 0. The third-order valence-electron chi connectivity index (χ3n) is 0.591. The Morgan fingerprint density at radius 3 is 2.50 bits per heavy atom. The van der Waals surface area contributed by atoms with E-state index in [9.17, 15) is 0 Å². The first-order chi connectivity index (χ1) is 3.83. The van der Waals surface area contributed by atoms with Crippen molar-refractivity contribution in [3.8, 4) is 0 Å². The maximum atomic E-state index is 4.00. The van der Waals surface area contributed by atoms with Gasteiger partial charge in [0.2, 0.25) is 0 Å². The normalized spacial score (nSPS) is 9.75. The molecule has 2 nitrogen and oxygen atoms in total. The van der Waals surface area contributed by atoms with Gasteiger partial charge in [-0.25, -0.2) is 0 Å². The Kier molecular flexibility index (Phi) is 2.16. The third kappa shape index (κ3) is 1.37. The van der Waals surface area contributed by atoms with Crippen LogP contribution in [0, 0.1) is 0 Å². The van der Waals surface area contributed by atoms with Gasteiger partial charge in [-0.05, 0) is 0 Å². The maximum Gasteiger partial charge on any atom is 0.171 e. The minimum Gasteiger partial charge on any atom is -0.172 e. The summed E-state index contributed by atoms with van der Waals surface area (Å²) in [6, 6.07) is 0. The summed E-state index contributed by atoms with van der Waals surface area (Å²) in [5.74, 6) is 0.651. The summed E-state index contributed by atoms with van der Waals surface area (Å²) in [6.45, 7) is 0. The van der Waals surface area contributed by atoms with Crippen LogP contribution in [0.15, 0.2) is 4.34 Å². The number of hydrogen-bond acceptors (Lipinski definition) is 5. The molecule has 0 radical (unpaired) electrons. The lowest BCUT2D eigenvalue weighted by atomic mass is 10.9. The van der Waals surface area contributed by atoms with Crippen molar-refractivity contribution in [3.05, 3.63) is 5.01 Å². The van der Waals surface area contributed by atoms with Gasteiger partial charge in [-0.2, -0.15) is 12.6 Å². The molecule has 0 aromatic carbocycles. The predicted molar refractivity (Wildman–Crippen MR) is 39.9 cm³/mol. The average molecular weight is 164 g/mol. The van der Waals surface area contributed by atoms with Crippen LogP contribution < -0.4 is 0 Å². The van der Waals surface area contributed by atoms with E-state index in [0.29, 0.717) is 10.1 Å². The molecule has 1 rings (SSSR count). The molecule has 5 heteroatoms. The highest BCUT2D eigenvalue weighted by Gasteiger charge is 1.94. The Bertz CT molecular complexity index is 173. The van der Waals surface area contributed by atoms with Gasteiger partial charge in [0, 0.05) is 5.75 Å². The smallest absolute Gasteiger partial charge is 0.171 e. The first-order valence-corrected chi connectivity index (χ1v) is 3.85. The van der Waals surface area contributed by atoms with Crippen molar-refractivity contribution < 1.29 is 0 Å². The fourth-order valence-corrected chi connectivity index (χ4v) is 1.36. The zero-order chi connectivity index (χ0) is 5.98. The minimum atomic E-state index is 0.651. The summed E-state index contributed by atoms with van der Waals surface area (Å²) >= 11 is 9.42. The molecule has 0 amide bonds. The quantitative estimate of drug-likeness (QED) is 0.611. The Hall–Kier alpha value is 0.260. The molecule has 0 unspecified atom stereocenters. The van der Waals surface area contributed by atoms with Gasteiger partial charge < -0.3 is 0 Å². The molecule has 0 saturated heterocycles. The van der Waals surface area contributed by atoms with Crippen molar-refractivity contribution >= 4 is 36.6 Å². The van der Waals surface area contributed by atoms with Crippen molar-refractivity contribution in [2.24, 2.45) is 0 Å². The Morgan fingerprint density at radius 1 is 1.50 bits per heavy atom. The van der Waals surface area contributed by atoms with E-state index >= 15 is 0 Å². The van der Waals surface area contributed by atoms with Gasteiger partial charge in [-0.1, -0.05) is 11.3 Å². The van der Waals surface area contributed by atoms with E-state index in [2.05, 4.69) is 35.5 Å². The molecule has 1 aromatic heterocycles. The minimum absolute atomic E-state index is 0.651.